The summed E-state index contributed by atoms with van der Waals surface area (Å²) in [5, 5.41) is 14.2. The van der Waals surface area contributed by atoms with E-state index in [1.54, 1.807) is 0 Å². The van der Waals surface area contributed by atoms with Crippen LogP contribution < -0.4 is 5.32 Å². The van der Waals surface area contributed by atoms with Gasteiger partial charge in [-0.2, -0.15) is 0 Å². The summed E-state index contributed by atoms with van der Waals surface area (Å²) < 4.78 is 0. The number of phenols is 1. The molecule has 2 N–H and O–H groups in total. The first kappa shape index (κ1) is 18.0. The molecule has 1 aromatic rings. The fourth-order valence-corrected chi connectivity index (χ4v) is 2.47. The fourth-order valence-electron chi connectivity index (χ4n) is 2.47. The molecule has 0 bridgehead atoms. The number of hydrogen-bond acceptors (Lipinski definition) is 2. The first-order valence-corrected chi connectivity index (χ1v) is 8.15. The number of hydrogen-bond donors (Lipinski definition) is 2. The molecule has 0 atom stereocenters. The third kappa shape index (κ3) is 5.03. The lowest BCUT2D eigenvalue weighted by Crippen LogP contribution is -2.20. The van der Waals surface area contributed by atoms with Crippen LogP contribution in [0, 0.1) is 0 Å². The van der Waals surface area contributed by atoms with Gasteiger partial charge in [0.05, 0.1) is 0 Å². The molecule has 2 heteroatoms. The van der Waals surface area contributed by atoms with E-state index in [2.05, 4.69) is 65.9 Å². The van der Waals surface area contributed by atoms with Gasteiger partial charge in [-0.05, 0) is 40.5 Å². The monoisotopic (exact) mass is 291 g/mol. The highest BCUT2D eigenvalue weighted by molar-refractivity contribution is 5.49. The lowest BCUT2D eigenvalue weighted by molar-refractivity contribution is 0.422. The predicted octanol–water partition coefficient (Wildman–Crippen LogP) is 4.88. The molecular weight excluding hydrogens is 258 g/mol. The van der Waals surface area contributed by atoms with Crippen LogP contribution in [0.3, 0.4) is 0 Å². The van der Waals surface area contributed by atoms with Crippen molar-refractivity contribution in [3.63, 3.8) is 0 Å². The second-order valence-corrected chi connectivity index (χ2v) is 8.07. The maximum atomic E-state index is 10.7. The minimum absolute atomic E-state index is 0.0521. The average molecular weight is 291 g/mol. The molecule has 0 saturated heterocycles. The van der Waals surface area contributed by atoms with Crippen LogP contribution in [0.4, 0.5) is 0 Å². The van der Waals surface area contributed by atoms with Crippen molar-refractivity contribution in [1.29, 1.82) is 0 Å². The normalized spacial score (nSPS) is 12.7. The van der Waals surface area contributed by atoms with E-state index in [-0.39, 0.29) is 10.8 Å². The Kier molecular flexibility index (Phi) is 5.86. The summed E-state index contributed by atoms with van der Waals surface area (Å²) >= 11 is 0. The van der Waals surface area contributed by atoms with Crippen LogP contribution in [0.2, 0.25) is 0 Å². The first-order valence-electron chi connectivity index (χ1n) is 8.15. The van der Waals surface area contributed by atoms with E-state index in [9.17, 15) is 5.11 Å². The number of rotatable bonds is 5. The van der Waals surface area contributed by atoms with E-state index in [1.807, 2.05) is 0 Å². The lowest BCUT2D eigenvalue weighted by Gasteiger charge is -2.28. The third-order valence-corrected chi connectivity index (χ3v) is 3.82. The molecule has 1 rings (SSSR count). The zero-order valence-corrected chi connectivity index (χ0v) is 14.9. The topological polar surface area (TPSA) is 32.3 Å². The van der Waals surface area contributed by atoms with Crippen LogP contribution in [-0.4, -0.2) is 11.7 Å². The van der Waals surface area contributed by atoms with E-state index >= 15 is 0 Å². The molecule has 0 heterocycles. The highest BCUT2D eigenvalue weighted by Gasteiger charge is 2.26. The van der Waals surface area contributed by atoms with Gasteiger partial charge >= 0.3 is 0 Å². The molecule has 0 fully saturated rings. The highest BCUT2D eigenvalue weighted by Crippen LogP contribution is 2.39. The molecule has 0 amide bonds. The summed E-state index contributed by atoms with van der Waals surface area (Å²) in [6.07, 6.45) is 2.42. The fraction of sp³-hybridized carbons (Fsp3) is 0.684. The van der Waals surface area contributed by atoms with Crippen LogP contribution in [0.5, 0.6) is 5.75 Å². The molecular formula is C19H33NO. The van der Waals surface area contributed by atoms with Crippen LogP contribution in [0.15, 0.2) is 12.1 Å². The van der Waals surface area contributed by atoms with Crippen LogP contribution >= 0.6 is 0 Å². The van der Waals surface area contributed by atoms with E-state index in [1.165, 1.54) is 18.4 Å². The van der Waals surface area contributed by atoms with Gasteiger partial charge in [-0.25, -0.2) is 0 Å². The van der Waals surface area contributed by atoms with Gasteiger partial charge in [-0.3, -0.25) is 0 Å². The SMILES string of the molecule is CCCCNCc1cc(C(C)(C)C)c(O)c(C(C)(C)C)c1. The minimum atomic E-state index is -0.0521. The number of benzene rings is 1. The summed E-state index contributed by atoms with van der Waals surface area (Å²) in [6, 6.07) is 4.31. The first-order chi connectivity index (χ1) is 9.57. The van der Waals surface area contributed by atoms with E-state index in [4.69, 9.17) is 0 Å². The number of aromatic hydroxyl groups is 1. The molecule has 21 heavy (non-hydrogen) atoms. The van der Waals surface area contributed by atoms with Gasteiger partial charge in [0.1, 0.15) is 5.75 Å². The Labute approximate surface area is 131 Å². The Hall–Kier alpha value is -1.02. The molecule has 0 aliphatic carbocycles. The smallest absolute Gasteiger partial charge is 0.123 e. The summed E-state index contributed by atoms with van der Waals surface area (Å²) in [4.78, 5) is 0. The maximum Gasteiger partial charge on any atom is 0.123 e. The van der Waals surface area contributed by atoms with Crippen LogP contribution in [-0.2, 0) is 17.4 Å². The summed E-state index contributed by atoms with van der Waals surface area (Å²) in [6.45, 7) is 17.1. The Morgan fingerprint density at radius 2 is 1.43 bits per heavy atom. The number of nitrogens with one attached hydrogen (secondary N) is 1. The Morgan fingerprint density at radius 1 is 0.952 bits per heavy atom. The van der Waals surface area contributed by atoms with Gasteiger partial charge in [0.15, 0.2) is 0 Å². The molecule has 0 saturated carbocycles. The van der Waals surface area contributed by atoms with Crippen molar-refractivity contribution in [3.05, 3.63) is 28.8 Å². The molecule has 0 radical (unpaired) electrons. The van der Waals surface area contributed by atoms with Gasteiger partial charge in [0.25, 0.3) is 0 Å². The second-order valence-electron chi connectivity index (χ2n) is 8.07. The third-order valence-electron chi connectivity index (χ3n) is 3.82. The molecule has 120 valence electrons. The number of phenolic OH excluding ortho intramolecular Hbond substituents is 1. The van der Waals surface area contributed by atoms with Gasteiger partial charge in [-0.15, -0.1) is 0 Å². The van der Waals surface area contributed by atoms with Crippen LogP contribution in [0.25, 0.3) is 0 Å². The summed E-state index contributed by atoms with van der Waals surface area (Å²) in [5.41, 5.74) is 3.25. The Bertz CT molecular complexity index is 428. The van der Waals surface area contributed by atoms with Gasteiger partial charge in [-0.1, -0.05) is 67.0 Å². The van der Waals surface area contributed by atoms with Crippen molar-refractivity contribution in [2.45, 2.75) is 78.7 Å². The maximum absolute atomic E-state index is 10.7. The van der Waals surface area contributed by atoms with Gasteiger partial charge in [0.2, 0.25) is 0 Å². The second kappa shape index (κ2) is 6.83. The largest absolute Gasteiger partial charge is 0.507 e. The molecule has 2 nitrogen and oxygen atoms in total. The molecule has 1 aromatic carbocycles. The van der Waals surface area contributed by atoms with Crippen molar-refractivity contribution in [1.82, 2.24) is 5.32 Å². The van der Waals surface area contributed by atoms with Crippen molar-refractivity contribution >= 4 is 0 Å². The van der Waals surface area contributed by atoms with Crippen molar-refractivity contribution in [2.75, 3.05) is 6.54 Å². The predicted molar refractivity (Wildman–Crippen MR) is 92.1 cm³/mol. The minimum Gasteiger partial charge on any atom is -0.507 e. The van der Waals surface area contributed by atoms with Gasteiger partial charge < -0.3 is 10.4 Å². The van der Waals surface area contributed by atoms with Crippen molar-refractivity contribution < 1.29 is 5.11 Å². The van der Waals surface area contributed by atoms with Gasteiger partial charge in [0, 0.05) is 6.54 Å². The Morgan fingerprint density at radius 3 is 1.81 bits per heavy atom. The summed E-state index contributed by atoms with van der Waals surface area (Å²) in [5.74, 6) is 0.465. The zero-order valence-electron chi connectivity index (χ0n) is 14.9. The average Bonchev–Trinajstić information content (AvgIpc) is 2.33. The highest BCUT2D eigenvalue weighted by atomic mass is 16.3. The lowest BCUT2D eigenvalue weighted by atomic mass is 9.78. The molecule has 0 unspecified atom stereocenters. The number of unbranched alkanes of at least 4 members (excludes halogenated alkanes) is 1. The molecule has 0 spiro atoms. The van der Waals surface area contributed by atoms with E-state index < -0.39 is 0 Å². The molecule has 0 aliphatic rings. The molecule has 0 aliphatic heterocycles. The molecule has 0 aromatic heterocycles. The van der Waals surface area contributed by atoms with E-state index in [0.717, 1.165) is 24.2 Å². The standard InChI is InChI=1S/C19H33NO/c1-8-9-10-20-13-14-11-15(18(2,3)4)17(21)16(12-14)19(5,6)7/h11-12,20-21H,8-10,13H2,1-7H3. The van der Waals surface area contributed by atoms with Crippen molar-refractivity contribution in [3.8, 4) is 5.75 Å². The Balaban J connectivity index is 3.15. The van der Waals surface area contributed by atoms with Crippen molar-refractivity contribution in [2.24, 2.45) is 0 Å². The quantitative estimate of drug-likeness (QED) is 0.758. The summed E-state index contributed by atoms with van der Waals surface area (Å²) in [7, 11) is 0. The van der Waals surface area contributed by atoms with Crippen LogP contribution in [0.1, 0.15) is 78.0 Å². The zero-order chi connectivity index (χ0) is 16.3. The van der Waals surface area contributed by atoms with E-state index in [0.29, 0.717) is 5.75 Å².